The summed E-state index contributed by atoms with van der Waals surface area (Å²) in [6.07, 6.45) is -0.0671. The topological polar surface area (TPSA) is 129 Å². The average Bonchev–Trinajstić information content (AvgIpc) is 3.30. The van der Waals surface area contributed by atoms with Gasteiger partial charge in [-0.2, -0.15) is 0 Å². The number of nitrogens with one attached hydrogen (secondary N) is 1. The van der Waals surface area contributed by atoms with Crippen LogP contribution in [0.2, 0.25) is 0 Å². The fourth-order valence-corrected chi connectivity index (χ4v) is 3.33. The first-order valence-corrected chi connectivity index (χ1v) is 9.41. The Hall–Kier alpha value is -4.05. The summed E-state index contributed by atoms with van der Waals surface area (Å²) in [6, 6.07) is 14.1. The van der Waals surface area contributed by atoms with Crippen molar-refractivity contribution in [2.75, 3.05) is 12.0 Å². The van der Waals surface area contributed by atoms with Gasteiger partial charge in [0.05, 0.1) is 42.6 Å². The summed E-state index contributed by atoms with van der Waals surface area (Å²) in [4.78, 5) is 37.9. The van der Waals surface area contributed by atoms with E-state index in [0.29, 0.717) is 16.9 Å². The van der Waals surface area contributed by atoms with E-state index in [2.05, 4.69) is 15.3 Å². The number of imide groups is 1. The van der Waals surface area contributed by atoms with E-state index in [1.165, 1.54) is 36.1 Å². The van der Waals surface area contributed by atoms with Gasteiger partial charge in [0.2, 0.25) is 11.6 Å². The predicted octanol–water partition coefficient (Wildman–Crippen LogP) is 0.233. The van der Waals surface area contributed by atoms with Gasteiger partial charge in [0, 0.05) is 12.1 Å². The number of esters is 1. The van der Waals surface area contributed by atoms with E-state index in [9.17, 15) is 19.5 Å². The molecule has 1 saturated heterocycles. The Kier molecular flexibility index (Phi) is 5.46. The van der Waals surface area contributed by atoms with Gasteiger partial charge in [-0.3, -0.25) is 14.9 Å². The van der Waals surface area contributed by atoms with Crippen molar-refractivity contribution in [2.45, 2.75) is 19.0 Å². The number of anilines is 1. The fraction of sp³-hybridized carbons (Fsp3) is 0.190. The van der Waals surface area contributed by atoms with E-state index in [1.807, 2.05) is 6.07 Å². The maximum absolute atomic E-state index is 12.8. The molecule has 1 aliphatic heterocycles. The van der Waals surface area contributed by atoms with Gasteiger partial charge in [0.15, 0.2) is 5.95 Å². The molecule has 1 aliphatic rings. The van der Waals surface area contributed by atoms with E-state index in [-0.39, 0.29) is 18.7 Å². The number of rotatable bonds is 6. The van der Waals surface area contributed by atoms with Crippen LogP contribution in [0.5, 0.6) is 5.95 Å². The molecule has 31 heavy (non-hydrogen) atoms. The van der Waals surface area contributed by atoms with Gasteiger partial charge in [-0.1, -0.05) is 18.2 Å². The summed E-state index contributed by atoms with van der Waals surface area (Å²) < 4.78 is 10.8. The number of para-hydroxylation sites is 1. The maximum atomic E-state index is 12.8. The van der Waals surface area contributed by atoms with Crippen LogP contribution in [-0.2, 0) is 20.9 Å². The van der Waals surface area contributed by atoms with Crippen LogP contribution in [0.4, 0.5) is 5.69 Å². The number of aromatic nitrogens is 2. The van der Waals surface area contributed by atoms with Crippen LogP contribution < -0.4 is 20.0 Å². The van der Waals surface area contributed by atoms with Gasteiger partial charge in [0.1, 0.15) is 0 Å². The highest BCUT2D eigenvalue weighted by Gasteiger charge is 2.40. The van der Waals surface area contributed by atoms with Crippen molar-refractivity contribution < 1.29 is 33.4 Å². The Morgan fingerprint density at radius 1 is 1.23 bits per heavy atom. The molecule has 4 rings (SSSR count). The van der Waals surface area contributed by atoms with Crippen LogP contribution in [-0.4, -0.2) is 36.2 Å². The Balaban J connectivity index is 1.48. The number of carbonyl (C=O) groups excluding carboxylic acids is 3. The second-order valence-corrected chi connectivity index (χ2v) is 6.80. The third-order valence-corrected chi connectivity index (χ3v) is 4.91. The number of nitrogens with zero attached hydrogens (tertiary/aromatic N) is 3. The maximum Gasteiger partial charge on any atom is 0.337 e. The van der Waals surface area contributed by atoms with Gasteiger partial charge < -0.3 is 14.4 Å². The zero-order valence-electron chi connectivity index (χ0n) is 16.5. The van der Waals surface area contributed by atoms with Gasteiger partial charge in [0.25, 0.3) is 11.6 Å². The molecule has 0 spiro atoms. The Bertz CT molecular complexity index is 1130. The van der Waals surface area contributed by atoms with Crippen molar-refractivity contribution in [2.24, 2.45) is 0 Å². The molecule has 1 fully saturated rings. The Labute approximate surface area is 176 Å². The lowest BCUT2D eigenvalue weighted by Gasteiger charge is -2.15. The van der Waals surface area contributed by atoms with Gasteiger partial charge >= 0.3 is 5.97 Å². The Morgan fingerprint density at radius 3 is 2.61 bits per heavy atom. The lowest BCUT2D eigenvalue weighted by atomic mass is 10.2. The number of hydrogen-bond donors (Lipinski definition) is 1. The van der Waals surface area contributed by atoms with Crippen molar-refractivity contribution in [1.82, 2.24) is 10.6 Å². The Morgan fingerprint density at radius 2 is 1.94 bits per heavy atom. The average molecular weight is 422 g/mol. The van der Waals surface area contributed by atoms with Crippen LogP contribution in [0.3, 0.4) is 0 Å². The molecule has 3 aromatic rings. The summed E-state index contributed by atoms with van der Waals surface area (Å²) in [6.45, 7) is -0.0178. The van der Waals surface area contributed by atoms with Gasteiger partial charge in [-0.15, -0.1) is 0 Å². The summed E-state index contributed by atoms with van der Waals surface area (Å²) in [5.41, 5.74) is 1.49. The summed E-state index contributed by atoms with van der Waals surface area (Å²) in [7, 11) is 1.27. The third kappa shape index (κ3) is 3.88. The highest BCUT2D eigenvalue weighted by molar-refractivity contribution is 6.22. The fourth-order valence-electron chi connectivity index (χ4n) is 3.33. The van der Waals surface area contributed by atoms with Crippen LogP contribution in [0.15, 0.2) is 59.1 Å². The molecule has 2 heterocycles. The first-order valence-electron chi connectivity index (χ1n) is 9.41. The van der Waals surface area contributed by atoms with E-state index in [4.69, 9.17) is 4.52 Å². The second kappa shape index (κ2) is 8.36. The minimum atomic E-state index is -0.814. The lowest BCUT2D eigenvalue weighted by molar-refractivity contribution is -0.677. The van der Waals surface area contributed by atoms with Crippen LogP contribution >= 0.6 is 0 Å². The smallest absolute Gasteiger partial charge is 0.337 e. The zero-order chi connectivity index (χ0) is 22.0. The summed E-state index contributed by atoms with van der Waals surface area (Å²) in [5, 5.41) is 18.8. The van der Waals surface area contributed by atoms with E-state index >= 15 is 0 Å². The predicted molar refractivity (Wildman–Crippen MR) is 103 cm³/mol. The normalized spacial score (nSPS) is 16.0. The van der Waals surface area contributed by atoms with Gasteiger partial charge in [-0.05, 0) is 28.9 Å². The number of hydrogen-bond acceptors (Lipinski definition) is 8. The number of ether oxygens (including phenoxy) is 1. The first-order chi connectivity index (χ1) is 15.0. The van der Waals surface area contributed by atoms with Crippen molar-refractivity contribution in [3.63, 3.8) is 0 Å². The molecular formula is C21H18N4O6. The van der Waals surface area contributed by atoms with Crippen LogP contribution in [0, 0.1) is 0 Å². The molecule has 0 radical (unpaired) electrons. The molecular weight excluding hydrogens is 404 g/mol. The highest BCUT2D eigenvalue weighted by Crippen LogP contribution is 2.24. The molecule has 0 aliphatic carbocycles. The van der Waals surface area contributed by atoms with E-state index in [0.717, 1.165) is 4.90 Å². The minimum absolute atomic E-state index is 0.0178. The van der Waals surface area contributed by atoms with Crippen LogP contribution in [0.1, 0.15) is 22.5 Å². The molecule has 2 aromatic carbocycles. The summed E-state index contributed by atoms with van der Waals surface area (Å²) >= 11 is 0. The van der Waals surface area contributed by atoms with E-state index < -0.39 is 29.8 Å². The standard InChI is InChI=1S/C21H18N4O6/c1-30-20(28)13-7-9-14(10-8-13)24-18(26)11-16(19(24)27)22-12-17-21(29)31-23-25(17)15-5-3-2-4-6-15/h2-10,16,22H,11-12H2,1H3. The van der Waals surface area contributed by atoms with Crippen molar-refractivity contribution in [3.8, 4) is 11.6 Å². The SMILES string of the molecule is COC(=O)c1ccc(N2C(=O)CC(NCc3c([O-])on[n+]3-c3ccccc3)C2=O)cc1. The molecule has 1 N–H and O–H groups in total. The van der Waals surface area contributed by atoms with Gasteiger partial charge in [-0.25, -0.2) is 9.69 Å². The van der Waals surface area contributed by atoms with Crippen molar-refractivity contribution in [3.05, 3.63) is 65.9 Å². The molecule has 1 atom stereocenters. The quantitative estimate of drug-likeness (QED) is 0.340. The number of amides is 2. The van der Waals surface area contributed by atoms with Crippen LogP contribution in [0.25, 0.3) is 5.69 Å². The number of methoxy groups -OCH3 is 1. The molecule has 1 unspecified atom stereocenters. The number of benzene rings is 2. The summed E-state index contributed by atoms with van der Waals surface area (Å²) in [5.74, 6) is -2.00. The van der Waals surface area contributed by atoms with E-state index in [1.54, 1.807) is 24.3 Å². The minimum Gasteiger partial charge on any atom is -0.539 e. The first kappa shape index (κ1) is 20.2. The highest BCUT2D eigenvalue weighted by atomic mass is 16.6. The molecule has 0 bridgehead atoms. The largest absolute Gasteiger partial charge is 0.539 e. The molecule has 0 saturated carbocycles. The van der Waals surface area contributed by atoms with Crippen molar-refractivity contribution >= 4 is 23.5 Å². The number of carbonyl (C=O) groups is 3. The second-order valence-electron chi connectivity index (χ2n) is 6.80. The zero-order valence-corrected chi connectivity index (χ0v) is 16.5. The molecule has 158 valence electrons. The molecule has 2 amide bonds. The lowest BCUT2D eigenvalue weighted by Crippen LogP contribution is -2.43. The molecule has 1 aromatic heterocycles. The van der Waals surface area contributed by atoms with Crippen molar-refractivity contribution in [1.29, 1.82) is 0 Å². The molecule has 10 nitrogen and oxygen atoms in total. The third-order valence-electron chi connectivity index (χ3n) is 4.91. The monoisotopic (exact) mass is 422 g/mol. The molecule has 10 heteroatoms.